The number of rotatable bonds is 21. The Balaban J connectivity index is 0.873. The van der Waals surface area contributed by atoms with Crippen molar-refractivity contribution in [3.05, 3.63) is 36.0 Å². The maximum atomic E-state index is 14.4. The molecule has 0 aromatic heterocycles. The van der Waals surface area contributed by atoms with Crippen molar-refractivity contribution in [2.24, 2.45) is 28.6 Å². The van der Waals surface area contributed by atoms with Crippen LogP contribution in [0.25, 0.3) is 0 Å². The third-order valence-electron chi connectivity index (χ3n) is 14.6. The van der Waals surface area contributed by atoms with Gasteiger partial charge in [-0.05, 0) is 75.4 Å². The number of ketones is 2. The topological polar surface area (TPSA) is 286 Å². The average molecular weight is 941 g/mol. The van der Waals surface area contributed by atoms with E-state index in [2.05, 4.69) is 38.8 Å². The maximum absolute atomic E-state index is 14.4. The third-order valence-corrected chi connectivity index (χ3v) is 14.6. The zero-order valence-electron chi connectivity index (χ0n) is 38.7. The summed E-state index contributed by atoms with van der Waals surface area (Å²) >= 11 is 0. The van der Waals surface area contributed by atoms with E-state index in [1.165, 1.54) is 0 Å². The van der Waals surface area contributed by atoms with Crippen LogP contribution in [-0.4, -0.2) is 146 Å². The number of amides is 6. The number of Topliss-reactive ketones (excluding diaryl/α,β-unsaturated/α-hetero) is 1. The molecule has 11 atom stereocenters. The van der Waals surface area contributed by atoms with E-state index in [0.29, 0.717) is 19.3 Å². The van der Waals surface area contributed by atoms with Gasteiger partial charge < -0.3 is 61.1 Å². The van der Waals surface area contributed by atoms with E-state index < -0.39 is 116 Å². The largest absolute Gasteiger partial charge is 0.394 e. The molecule has 1 saturated heterocycles. The van der Waals surface area contributed by atoms with Crippen LogP contribution in [0, 0.1) is 28.6 Å². The molecule has 0 spiro atoms. The highest BCUT2D eigenvalue weighted by Gasteiger charge is 2.75. The summed E-state index contributed by atoms with van der Waals surface area (Å²) in [4.78, 5) is 101. The molecular weight excluding hydrogens is 873 g/mol. The first-order chi connectivity index (χ1) is 32.0. The number of aliphatic hydroxyl groups excluding tert-OH is 2. The van der Waals surface area contributed by atoms with Crippen LogP contribution in [0.1, 0.15) is 91.4 Å². The number of nitrogens with one attached hydrogen (secondary N) is 6. The van der Waals surface area contributed by atoms with Gasteiger partial charge in [0.25, 0.3) is 0 Å². The molecule has 0 radical (unpaired) electrons. The lowest BCUT2D eigenvalue weighted by Crippen LogP contribution is -2.63. The summed E-state index contributed by atoms with van der Waals surface area (Å²) in [6, 6.07) is -1.33. The summed E-state index contributed by atoms with van der Waals surface area (Å²) < 4.78 is 24.4. The molecule has 0 bridgehead atoms. The second-order valence-electron chi connectivity index (χ2n) is 18.9. The van der Waals surface area contributed by atoms with Gasteiger partial charge in [0.2, 0.25) is 35.4 Å². The standard InChI is InChI=1S/C47H68N6O14/c1-4-10-42-66-36-18-32-31-14-13-28-17-29(55)15-16-45(28,2)43(31)34(56)19-46(32,3)47(36,67-42)35(57)25-64-27-52-40(61)22-50-38(59)20-48-37(58)21-49-39(60)23-51-44(63)33(24-54)53-41(62)26-65-30-11-8-6-5-7-9-12-30/h8,11,15-17,30-34,36,42-43,54,56H,4-7,9-10,12-14,18-27H2,1-3H3,(H,48,58)(H,49,60)(H,50,59)(H,51,63)(H,52,61)(H,53,62)/b11-8-/t30?,31-,32-,33-,34-,36+,42?,43+,45-,46-,47+/m0/s1. The monoisotopic (exact) mass is 940 g/mol. The molecule has 6 amide bonds. The number of allylic oxidation sites excluding steroid dienone is 5. The predicted molar refractivity (Wildman–Crippen MR) is 238 cm³/mol. The number of aliphatic hydroxyl groups is 2. The van der Waals surface area contributed by atoms with Crippen LogP contribution in [0.2, 0.25) is 0 Å². The fourth-order valence-corrected chi connectivity index (χ4v) is 11.3. The summed E-state index contributed by atoms with van der Waals surface area (Å²) in [6.07, 6.45) is 15.6. The van der Waals surface area contributed by atoms with E-state index in [1.807, 2.05) is 32.1 Å². The molecule has 6 rings (SSSR count). The zero-order valence-corrected chi connectivity index (χ0v) is 38.7. The summed E-state index contributed by atoms with van der Waals surface area (Å²) in [5.41, 5.74) is -1.61. The minimum atomic E-state index is -1.38. The highest BCUT2D eigenvalue weighted by atomic mass is 16.7. The maximum Gasteiger partial charge on any atom is 0.246 e. The lowest BCUT2D eigenvalue weighted by molar-refractivity contribution is -0.201. The van der Waals surface area contributed by atoms with E-state index in [1.54, 1.807) is 12.2 Å². The Labute approximate surface area is 390 Å². The Morgan fingerprint density at radius 3 is 2.25 bits per heavy atom. The predicted octanol–water partition coefficient (Wildman–Crippen LogP) is -0.338. The van der Waals surface area contributed by atoms with E-state index in [4.69, 9.17) is 18.9 Å². The molecule has 6 aliphatic rings. The van der Waals surface area contributed by atoms with Gasteiger partial charge in [0.1, 0.15) is 26.0 Å². The van der Waals surface area contributed by atoms with Crippen molar-refractivity contribution in [3.8, 4) is 0 Å². The minimum Gasteiger partial charge on any atom is -0.394 e. The number of hydrogen-bond donors (Lipinski definition) is 8. The highest BCUT2D eigenvalue weighted by Crippen LogP contribution is 2.69. The van der Waals surface area contributed by atoms with E-state index in [0.717, 1.165) is 56.9 Å². The normalized spacial score (nSPS) is 32.6. The highest BCUT2D eigenvalue weighted by molar-refractivity contribution is 6.01. The summed E-state index contributed by atoms with van der Waals surface area (Å²) in [5.74, 6) is -4.75. The Bertz CT molecular complexity index is 1980. The third kappa shape index (κ3) is 11.9. The van der Waals surface area contributed by atoms with Gasteiger partial charge in [0.15, 0.2) is 23.5 Å². The van der Waals surface area contributed by atoms with Gasteiger partial charge in [-0.15, -0.1) is 0 Å². The lowest BCUT2D eigenvalue weighted by atomic mass is 9.46. The van der Waals surface area contributed by atoms with Gasteiger partial charge in [-0.1, -0.05) is 63.8 Å². The van der Waals surface area contributed by atoms with Gasteiger partial charge in [-0.3, -0.25) is 38.4 Å². The fraction of sp³-hybridized carbons (Fsp3) is 0.702. The molecule has 8 N–H and O–H groups in total. The molecule has 5 aliphatic carbocycles. The summed E-state index contributed by atoms with van der Waals surface area (Å²) in [6.45, 7) is 2.22. The minimum absolute atomic E-state index is 0.00762. The van der Waals surface area contributed by atoms with Crippen LogP contribution in [0.4, 0.5) is 0 Å². The quantitative estimate of drug-likeness (QED) is 0.0416. The van der Waals surface area contributed by atoms with Crippen LogP contribution in [-0.2, 0) is 57.3 Å². The number of hydrogen-bond acceptors (Lipinski definition) is 14. The summed E-state index contributed by atoms with van der Waals surface area (Å²) in [5, 5.41) is 35.6. The zero-order chi connectivity index (χ0) is 48.4. The molecule has 20 nitrogen and oxygen atoms in total. The number of ether oxygens (including phenoxy) is 4. The van der Waals surface area contributed by atoms with Crippen molar-refractivity contribution in [3.63, 3.8) is 0 Å². The average Bonchev–Trinajstić information content (AvgIpc) is 3.77. The first kappa shape index (κ1) is 51.5. The van der Waals surface area contributed by atoms with Crippen molar-refractivity contribution < 1.29 is 67.5 Å². The molecule has 67 heavy (non-hydrogen) atoms. The Morgan fingerprint density at radius 1 is 0.881 bits per heavy atom. The Morgan fingerprint density at radius 2 is 1.57 bits per heavy atom. The van der Waals surface area contributed by atoms with Gasteiger partial charge in [-0.2, -0.15) is 0 Å². The molecule has 2 unspecified atom stereocenters. The van der Waals surface area contributed by atoms with Crippen LogP contribution in [0.15, 0.2) is 36.0 Å². The van der Waals surface area contributed by atoms with Crippen molar-refractivity contribution in [2.45, 2.75) is 128 Å². The van der Waals surface area contributed by atoms with Crippen molar-refractivity contribution in [1.29, 1.82) is 0 Å². The fourth-order valence-electron chi connectivity index (χ4n) is 11.3. The number of carbonyl (C=O) groups is 8. The van der Waals surface area contributed by atoms with Gasteiger partial charge in [0.05, 0.1) is 51.1 Å². The first-order valence-corrected chi connectivity index (χ1v) is 23.6. The molecule has 0 aromatic carbocycles. The van der Waals surface area contributed by atoms with Crippen molar-refractivity contribution in [1.82, 2.24) is 31.9 Å². The first-order valence-electron chi connectivity index (χ1n) is 23.6. The molecule has 370 valence electrons. The van der Waals surface area contributed by atoms with Crippen LogP contribution in [0.5, 0.6) is 0 Å². The molecule has 3 saturated carbocycles. The SMILES string of the molecule is CCCC1O[C@@H]2C[C@H]3[C@@H]4CCC5=CC(=O)C=C[C@]5(C)[C@H]4[C@@H](O)C[C@]3(C)[C@]2(C(=O)COCNC(=O)CNC(=O)CNC(=O)CNC(=O)CNC(=O)[C@H](CO)NC(=O)COC2/C=C\CCCCC2)O1. The van der Waals surface area contributed by atoms with Gasteiger partial charge in [0, 0.05) is 16.7 Å². The Kier molecular flexibility index (Phi) is 17.7. The molecule has 1 aliphatic heterocycles. The smallest absolute Gasteiger partial charge is 0.246 e. The molecule has 4 fully saturated rings. The van der Waals surface area contributed by atoms with E-state index in [9.17, 15) is 48.6 Å². The van der Waals surface area contributed by atoms with Crippen molar-refractivity contribution >= 4 is 47.0 Å². The molecule has 1 heterocycles. The number of fused-ring (bicyclic) bond motifs is 7. The van der Waals surface area contributed by atoms with Gasteiger partial charge >= 0.3 is 0 Å². The van der Waals surface area contributed by atoms with Crippen molar-refractivity contribution in [2.75, 3.05) is 52.7 Å². The van der Waals surface area contributed by atoms with Crippen LogP contribution < -0.4 is 31.9 Å². The summed E-state index contributed by atoms with van der Waals surface area (Å²) in [7, 11) is 0. The van der Waals surface area contributed by atoms with Crippen LogP contribution in [0.3, 0.4) is 0 Å². The van der Waals surface area contributed by atoms with E-state index in [-0.39, 0.29) is 48.8 Å². The molecular formula is C47H68N6O14. The Hall–Kier alpha value is -4.86. The number of carbonyl (C=O) groups excluding carboxylic acids is 8. The lowest BCUT2D eigenvalue weighted by Gasteiger charge is -2.59. The second-order valence-corrected chi connectivity index (χ2v) is 18.9. The molecule has 20 heteroatoms. The van der Waals surface area contributed by atoms with Gasteiger partial charge in [-0.25, -0.2) is 0 Å². The van der Waals surface area contributed by atoms with Crippen LogP contribution >= 0.6 is 0 Å². The molecule has 0 aromatic rings. The van der Waals surface area contributed by atoms with E-state index >= 15 is 0 Å². The second kappa shape index (κ2) is 23.0.